The van der Waals surface area contributed by atoms with Gasteiger partial charge in [-0.3, -0.25) is 14.9 Å². The third-order valence-corrected chi connectivity index (χ3v) is 2.74. The zero-order chi connectivity index (χ0) is 10.7. The highest BCUT2D eigenvalue weighted by Gasteiger charge is 2.21. The second kappa shape index (κ2) is 4.65. The number of carbonyl (C=O) groups is 1. The number of hydrogen-bond donors (Lipinski definition) is 0. The summed E-state index contributed by atoms with van der Waals surface area (Å²) in [5, 5.41) is 10.7. The topological polar surface area (TPSA) is 60.2 Å². The molecule has 14 heavy (non-hydrogen) atoms. The van der Waals surface area contributed by atoms with E-state index >= 15 is 0 Å². The largest absolute Gasteiger partial charge is 0.294 e. The van der Waals surface area contributed by atoms with Gasteiger partial charge in [0, 0.05) is 0 Å². The Balaban J connectivity index is 3.35. The van der Waals surface area contributed by atoms with Crippen molar-refractivity contribution in [1.82, 2.24) is 0 Å². The van der Waals surface area contributed by atoms with E-state index < -0.39 is 4.92 Å². The fourth-order valence-electron chi connectivity index (χ4n) is 0.998. The highest BCUT2D eigenvalue weighted by molar-refractivity contribution is 9.10. The van der Waals surface area contributed by atoms with E-state index in [9.17, 15) is 14.9 Å². The highest BCUT2D eigenvalue weighted by Crippen LogP contribution is 2.29. The molecule has 6 heteroatoms. The molecule has 74 valence electrons. The predicted octanol–water partition coefficient (Wildman–Crippen LogP) is 2.93. The molecule has 0 N–H and O–H groups in total. The molecule has 0 saturated carbocycles. The summed E-state index contributed by atoms with van der Waals surface area (Å²) in [6.07, 6.45) is 0. The predicted molar refractivity (Wildman–Crippen MR) is 58.9 cm³/mol. The van der Waals surface area contributed by atoms with Crippen LogP contribution in [0.15, 0.2) is 22.7 Å². The van der Waals surface area contributed by atoms with Crippen LogP contribution in [0, 0.1) is 10.1 Å². The molecular formula is C8H5Br2NO3. The normalized spacial score (nSPS) is 9.86. The van der Waals surface area contributed by atoms with Crippen molar-refractivity contribution in [3.8, 4) is 0 Å². The van der Waals surface area contributed by atoms with Gasteiger partial charge >= 0.3 is 0 Å². The second-order valence-electron chi connectivity index (χ2n) is 2.45. The monoisotopic (exact) mass is 321 g/mol. The summed E-state index contributed by atoms with van der Waals surface area (Å²) in [7, 11) is 0. The molecule has 4 nitrogen and oxygen atoms in total. The summed E-state index contributed by atoms with van der Waals surface area (Å²) in [6.45, 7) is 0. The van der Waals surface area contributed by atoms with Crippen LogP contribution in [0.5, 0.6) is 0 Å². The SMILES string of the molecule is O=C(CBr)c1cccc(Br)c1[N+](=O)[O-]. The molecule has 0 amide bonds. The second-order valence-corrected chi connectivity index (χ2v) is 3.86. The number of nitrogens with zero attached hydrogens (tertiary/aromatic N) is 1. The van der Waals surface area contributed by atoms with E-state index in [1.807, 2.05) is 0 Å². The van der Waals surface area contributed by atoms with Crippen molar-refractivity contribution in [2.45, 2.75) is 0 Å². The molecular weight excluding hydrogens is 318 g/mol. The third kappa shape index (κ3) is 2.19. The van der Waals surface area contributed by atoms with Crippen molar-refractivity contribution >= 4 is 43.3 Å². The van der Waals surface area contributed by atoms with Crippen LogP contribution in [0.3, 0.4) is 0 Å². The summed E-state index contributed by atoms with van der Waals surface area (Å²) >= 11 is 6.01. The first kappa shape index (κ1) is 11.3. The number of ketones is 1. The van der Waals surface area contributed by atoms with Crippen LogP contribution >= 0.6 is 31.9 Å². The van der Waals surface area contributed by atoms with Gasteiger partial charge in [-0.25, -0.2) is 0 Å². The maximum atomic E-state index is 11.3. The smallest absolute Gasteiger partial charge is 0.293 e. The Kier molecular flexibility index (Phi) is 3.77. The zero-order valence-corrected chi connectivity index (χ0v) is 10.0. The van der Waals surface area contributed by atoms with Crippen molar-refractivity contribution in [1.29, 1.82) is 0 Å². The molecule has 0 aromatic heterocycles. The molecule has 0 heterocycles. The van der Waals surface area contributed by atoms with Crippen LogP contribution in [0.25, 0.3) is 0 Å². The first-order valence-electron chi connectivity index (χ1n) is 3.60. The average molecular weight is 323 g/mol. The Morgan fingerprint density at radius 2 is 2.14 bits per heavy atom. The Labute approximate surface area is 96.7 Å². The van der Waals surface area contributed by atoms with E-state index in [-0.39, 0.29) is 22.4 Å². The number of nitro groups is 1. The molecule has 0 bridgehead atoms. The van der Waals surface area contributed by atoms with Crippen molar-refractivity contribution in [2.24, 2.45) is 0 Å². The fourth-order valence-corrected chi connectivity index (χ4v) is 1.81. The van der Waals surface area contributed by atoms with Gasteiger partial charge in [0.15, 0.2) is 5.78 Å². The van der Waals surface area contributed by atoms with Gasteiger partial charge in [-0.15, -0.1) is 0 Å². The molecule has 0 atom stereocenters. The number of Topliss-reactive ketones (excluding diaryl/α,β-unsaturated/α-hetero) is 1. The molecule has 0 fully saturated rings. The standard InChI is InChI=1S/C8H5Br2NO3/c9-4-7(12)5-2-1-3-6(10)8(5)11(13)14/h1-3H,4H2. The maximum absolute atomic E-state index is 11.3. The zero-order valence-electron chi connectivity index (χ0n) is 6.87. The van der Waals surface area contributed by atoms with Gasteiger partial charge in [0.25, 0.3) is 5.69 Å². The van der Waals surface area contributed by atoms with Crippen molar-refractivity contribution < 1.29 is 9.72 Å². The summed E-state index contributed by atoms with van der Waals surface area (Å²) < 4.78 is 0.314. The van der Waals surface area contributed by atoms with Crippen LogP contribution in [-0.4, -0.2) is 16.0 Å². The minimum atomic E-state index is -0.569. The maximum Gasteiger partial charge on any atom is 0.294 e. The van der Waals surface area contributed by atoms with Gasteiger partial charge in [0.05, 0.1) is 20.3 Å². The van der Waals surface area contributed by atoms with Crippen LogP contribution in [-0.2, 0) is 0 Å². The van der Waals surface area contributed by atoms with Crippen LogP contribution in [0.2, 0.25) is 0 Å². The van der Waals surface area contributed by atoms with Gasteiger partial charge in [0.1, 0.15) is 0 Å². The van der Waals surface area contributed by atoms with E-state index in [0.29, 0.717) is 4.47 Å². The number of alkyl halides is 1. The minimum absolute atomic E-state index is 0.0737. The number of nitro benzene ring substituents is 1. The third-order valence-electron chi connectivity index (χ3n) is 1.59. The van der Waals surface area contributed by atoms with E-state index in [4.69, 9.17) is 0 Å². The Morgan fingerprint density at radius 1 is 1.50 bits per heavy atom. The van der Waals surface area contributed by atoms with E-state index in [2.05, 4.69) is 31.9 Å². The van der Waals surface area contributed by atoms with Crippen LogP contribution in [0.1, 0.15) is 10.4 Å². The lowest BCUT2D eigenvalue weighted by Gasteiger charge is -2.00. The molecule has 0 saturated heterocycles. The van der Waals surface area contributed by atoms with Gasteiger partial charge in [-0.05, 0) is 28.1 Å². The summed E-state index contributed by atoms with van der Waals surface area (Å²) in [5.41, 5.74) is -0.0711. The number of carbonyl (C=O) groups excluding carboxylic acids is 1. The Hall–Kier alpha value is -0.750. The quantitative estimate of drug-likeness (QED) is 0.372. The number of halogens is 2. The van der Waals surface area contributed by atoms with Gasteiger partial charge in [-0.2, -0.15) is 0 Å². The molecule has 0 aliphatic carbocycles. The Morgan fingerprint density at radius 3 is 2.64 bits per heavy atom. The summed E-state index contributed by atoms with van der Waals surface area (Å²) in [6, 6.07) is 4.56. The number of rotatable bonds is 3. The summed E-state index contributed by atoms with van der Waals surface area (Å²) in [5.74, 6) is -0.307. The summed E-state index contributed by atoms with van der Waals surface area (Å²) in [4.78, 5) is 21.4. The Bertz CT molecular complexity index is 392. The lowest BCUT2D eigenvalue weighted by atomic mass is 10.1. The lowest BCUT2D eigenvalue weighted by Crippen LogP contribution is -2.05. The number of para-hydroxylation sites is 1. The molecule has 1 aromatic rings. The number of hydrogen-bond acceptors (Lipinski definition) is 3. The average Bonchev–Trinajstić information content (AvgIpc) is 2.15. The molecule has 0 spiro atoms. The fraction of sp³-hybridized carbons (Fsp3) is 0.125. The van der Waals surface area contributed by atoms with Crippen LogP contribution < -0.4 is 0 Å². The molecule has 1 rings (SSSR count). The first-order chi connectivity index (χ1) is 6.57. The highest BCUT2D eigenvalue weighted by atomic mass is 79.9. The van der Waals surface area contributed by atoms with Gasteiger partial charge in [-0.1, -0.05) is 22.0 Å². The molecule has 1 aromatic carbocycles. The van der Waals surface area contributed by atoms with E-state index in [0.717, 1.165) is 0 Å². The van der Waals surface area contributed by atoms with Crippen LogP contribution in [0.4, 0.5) is 5.69 Å². The molecule has 0 aliphatic heterocycles. The lowest BCUT2D eigenvalue weighted by molar-refractivity contribution is -0.385. The van der Waals surface area contributed by atoms with Crippen molar-refractivity contribution in [3.05, 3.63) is 38.3 Å². The van der Waals surface area contributed by atoms with E-state index in [1.165, 1.54) is 12.1 Å². The first-order valence-corrected chi connectivity index (χ1v) is 5.51. The molecule has 0 unspecified atom stereocenters. The van der Waals surface area contributed by atoms with Gasteiger partial charge in [0.2, 0.25) is 0 Å². The molecule has 0 aliphatic rings. The van der Waals surface area contributed by atoms with E-state index in [1.54, 1.807) is 6.07 Å². The minimum Gasteiger partial charge on any atom is -0.293 e. The van der Waals surface area contributed by atoms with Gasteiger partial charge < -0.3 is 0 Å². The number of benzene rings is 1. The van der Waals surface area contributed by atoms with Crippen molar-refractivity contribution in [2.75, 3.05) is 5.33 Å². The van der Waals surface area contributed by atoms with Crippen molar-refractivity contribution in [3.63, 3.8) is 0 Å². The molecule has 0 radical (unpaired) electrons.